The van der Waals surface area contributed by atoms with E-state index in [1.165, 1.54) is 0 Å². The van der Waals surface area contributed by atoms with Crippen LogP contribution in [0.15, 0.2) is 0 Å². The average Bonchev–Trinajstić information content (AvgIpc) is 2.03. The number of hydrogen-bond acceptors (Lipinski definition) is 1. The lowest BCUT2D eigenvalue weighted by molar-refractivity contribution is 0.151. The van der Waals surface area contributed by atoms with Gasteiger partial charge in [-0.25, -0.2) is 4.79 Å². The Labute approximate surface area is 88.1 Å². The van der Waals surface area contributed by atoms with Crippen molar-refractivity contribution in [1.29, 1.82) is 0 Å². The molecule has 0 saturated carbocycles. The van der Waals surface area contributed by atoms with E-state index >= 15 is 0 Å². The van der Waals surface area contributed by atoms with Crippen molar-refractivity contribution in [3.8, 4) is 0 Å². The summed E-state index contributed by atoms with van der Waals surface area (Å²) in [5.41, 5.74) is 0.164. The summed E-state index contributed by atoms with van der Waals surface area (Å²) in [4.78, 5) is 15.5. The standard InChI is InChI=1S/C11H24N2O/c1-7-13(8-2)10(14)12(6)9-11(3,4)5/h7-9H2,1-6H3. The Hall–Kier alpha value is -0.730. The highest BCUT2D eigenvalue weighted by Gasteiger charge is 2.20. The van der Waals surface area contributed by atoms with Crippen molar-refractivity contribution >= 4 is 6.03 Å². The highest BCUT2D eigenvalue weighted by Crippen LogP contribution is 2.14. The van der Waals surface area contributed by atoms with E-state index in [-0.39, 0.29) is 11.4 Å². The summed E-state index contributed by atoms with van der Waals surface area (Å²) in [6, 6.07) is 0.130. The second-order valence-corrected chi connectivity index (χ2v) is 4.87. The first-order chi connectivity index (χ1) is 6.31. The lowest BCUT2D eigenvalue weighted by atomic mass is 9.96. The third-order valence-corrected chi connectivity index (χ3v) is 2.07. The van der Waals surface area contributed by atoms with Crippen LogP contribution >= 0.6 is 0 Å². The van der Waals surface area contributed by atoms with Crippen molar-refractivity contribution in [1.82, 2.24) is 9.80 Å². The molecule has 0 spiro atoms. The number of amides is 2. The van der Waals surface area contributed by atoms with Gasteiger partial charge < -0.3 is 9.80 Å². The highest BCUT2D eigenvalue weighted by atomic mass is 16.2. The summed E-state index contributed by atoms with van der Waals surface area (Å²) in [5.74, 6) is 0. The van der Waals surface area contributed by atoms with Crippen molar-refractivity contribution in [2.75, 3.05) is 26.7 Å². The van der Waals surface area contributed by atoms with E-state index in [1.54, 1.807) is 4.90 Å². The van der Waals surface area contributed by atoms with Crippen molar-refractivity contribution in [3.63, 3.8) is 0 Å². The van der Waals surface area contributed by atoms with Crippen LogP contribution in [0.3, 0.4) is 0 Å². The molecule has 3 nitrogen and oxygen atoms in total. The second kappa shape index (κ2) is 5.23. The predicted octanol–water partition coefficient (Wildman–Crippen LogP) is 2.43. The molecule has 0 aliphatic heterocycles. The van der Waals surface area contributed by atoms with Gasteiger partial charge in [0.05, 0.1) is 0 Å². The van der Waals surface area contributed by atoms with Gasteiger partial charge in [-0.3, -0.25) is 0 Å². The SMILES string of the molecule is CCN(CC)C(=O)N(C)CC(C)(C)C. The van der Waals surface area contributed by atoms with E-state index < -0.39 is 0 Å². The second-order valence-electron chi connectivity index (χ2n) is 4.87. The Morgan fingerprint density at radius 3 is 1.86 bits per heavy atom. The van der Waals surface area contributed by atoms with Crippen LogP contribution in [-0.4, -0.2) is 42.5 Å². The van der Waals surface area contributed by atoms with Crippen molar-refractivity contribution in [2.24, 2.45) is 5.41 Å². The third-order valence-electron chi connectivity index (χ3n) is 2.07. The fourth-order valence-electron chi connectivity index (χ4n) is 1.51. The van der Waals surface area contributed by atoms with E-state index in [0.29, 0.717) is 0 Å². The third kappa shape index (κ3) is 4.49. The van der Waals surface area contributed by atoms with E-state index in [2.05, 4.69) is 20.8 Å². The highest BCUT2D eigenvalue weighted by molar-refractivity contribution is 5.74. The molecule has 0 aliphatic rings. The number of rotatable bonds is 3. The fourth-order valence-corrected chi connectivity index (χ4v) is 1.51. The fraction of sp³-hybridized carbons (Fsp3) is 0.909. The van der Waals surface area contributed by atoms with Crippen molar-refractivity contribution in [3.05, 3.63) is 0 Å². The molecule has 0 N–H and O–H groups in total. The molecule has 0 unspecified atom stereocenters. The molecule has 14 heavy (non-hydrogen) atoms. The van der Waals surface area contributed by atoms with Crippen LogP contribution in [0.1, 0.15) is 34.6 Å². The van der Waals surface area contributed by atoms with Crippen molar-refractivity contribution in [2.45, 2.75) is 34.6 Å². The minimum atomic E-state index is 0.130. The smallest absolute Gasteiger partial charge is 0.319 e. The number of nitrogens with zero attached hydrogens (tertiary/aromatic N) is 2. The molecule has 0 aromatic heterocycles. The molecule has 0 bridgehead atoms. The molecule has 0 aliphatic carbocycles. The number of carbonyl (C=O) groups excluding carboxylic acids is 1. The summed E-state index contributed by atoms with van der Waals surface area (Å²) in [6.07, 6.45) is 0. The first-order valence-electron chi connectivity index (χ1n) is 5.32. The molecule has 0 fully saturated rings. The first kappa shape index (κ1) is 13.3. The largest absolute Gasteiger partial charge is 0.327 e. The molecule has 0 aromatic carbocycles. The van der Waals surface area contributed by atoms with Gasteiger partial charge in [0.15, 0.2) is 0 Å². The zero-order valence-electron chi connectivity index (χ0n) is 10.4. The maximum atomic E-state index is 11.8. The summed E-state index contributed by atoms with van der Waals surface area (Å²) in [6.45, 7) is 12.8. The quantitative estimate of drug-likeness (QED) is 0.686. The summed E-state index contributed by atoms with van der Waals surface area (Å²) >= 11 is 0. The zero-order chi connectivity index (χ0) is 11.4. The molecule has 0 rings (SSSR count). The molecule has 0 heterocycles. The average molecular weight is 200 g/mol. The number of urea groups is 1. The van der Waals surface area contributed by atoms with Gasteiger partial charge in [-0.05, 0) is 19.3 Å². The Kier molecular flexibility index (Phi) is 4.95. The molecule has 2 amide bonds. The normalized spacial score (nSPS) is 11.3. The number of hydrogen-bond donors (Lipinski definition) is 0. The lowest BCUT2D eigenvalue weighted by Crippen LogP contribution is -2.44. The van der Waals surface area contributed by atoms with Crippen LogP contribution < -0.4 is 0 Å². The summed E-state index contributed by atoms with van der Waals surface area (Å²) in [7, 11) is 1.87. The van der Waals surface area contributed by atoms with Crippen LogP contribution in [0.2, 0.25) is 0 Å². The molecule has 0 aromatic rings. The molecule has 84 valence electrons. The van der Waals surface area contributed by atoms with Gasteiger partial charge in [0, 0.05) is 26.7 Å². The first-order valence-corrected chi connectivity index (χ1v) is 5.32. The molecule has 0 radical (unpaired) electrons. The van der Waals surface area contributed by atoms with Crippen LogP contribution in [0.5, 0.6) is 0 Å². The molecule has 3 heteroatoms. The van der Waals surface area contributed by atoms with Gasteiger partial charge in [-0.2, -0.15) is 0 Å². The van der Waals surface area contributed by atoms with Gasteiger partial charge >= 0.3 is 6.03 Å². The Bertz CT molecular complexity index is 180. The van der Waals surface area contributed by atoms with Crippen LogP contribution in [0, 0.1) is 5.41 Å². The van der Waals surface area contributed by atoms with Gasteiger partial charge in [0.25, 0.3) is 0 Å². The van der Waals surface area contributed by atoms with Gasteiger partial charge in [0.1, 0.15) is 0 Å². The summed E-state index contributed by atoms with van der Waals surface area (Å²) in [5, 5.41) is 0. The van der Waals surface area contributed by atoms with Crippen LogP contribution in [0.25, 0.3) is 0 Å². The maximum absolute atomic E-state index is 11.8. The van der Waals surface area contributed by atoms with E-state index in [0.717, 1.165) is 19.6 Å². The minimum absolute atomic E-state index is 0.130. The van der Waals surface area contributed by atoms with E-state index in [9.17, 15) is 4.79 Å². The van der Waals surface area contributed by atoms with E-state index in [4.69, 9.17) is 0 Å². The Morgan fingerprint density at radius 1 is 1.14 bits per heavy atom. The summed E-state index contributed by atoms with van der Waals surface area (Å²) < 4.78 is 0. The minimum Gasteiger partial charge on any atom is -0.327 e. The molecule has 0 atom stereocenters. The molecule has 0 saturated heterocycles. The predicted molar refractivity (Wildman–Crippen MR) is 60.4 cm³/mol. The van der Waals surface area contributed by atoms with Crippen LogP contribution in [0.4, 0.5) is 4.79 Å². The molecular formula is C11H24N2O. The molecular weight excluding hydrogens is 176 g/mol. The van der Waals surface area contributed by atoms with Gasteiger partial charge in [-0.1, -0.05) is 20.8 Å². The maximum Gasteiger partial charge on any atom is 0.319 e. The van der Waals surface area contributed by atoms with Crippen LogP contribution in [-0.2, 0) is 0 Å². The monoisotopic (exact) mass is 200 g/mol. The van der Waals surface area contributed by atoms with Gasteiger partial charge in [-0.15, -0.1) is 0 Å². The Morgan fingerprint density at radius 2 is 1.57 bits per heavy atom. The zero-order valence-corrected chi connectivity index (χ0v) is 10.4. The topological polar surface area (TPSA) is 23.6 Å². The number of carbonyl (C=O) groups is 1. The van der Waals surface area contributed by atoms with Crippen molar-refractivity contribution < 1.29 is 4.79 Å². The lowest BCUT2D eigenvalue weighted by Gasteiger charge is -2.31. The Balaban J connectivity index is 4.24. The van der Waals surface area contributed by atoms with E-state index in [1.807, 2.05) is 25.8 Å². The van der Waals surface area contributed by atoms with Gasteiger partial charge in [0.2, 0.25) is 0 Å².